The smallest absolute Gasteiger partial charge is 0.135 e. The van der Waals surface area contributed by atoms with E-state index in [1.165, 1.54) is 58.9 Å². The maximum absolute atomic E-state index is 6.36. The van der Waals surface area contributed by atoms with Crippen molar-refractivity contribution in [1.29, 1.82) is 0 Å². The van der Waals surface area contributed by atoms with Crippen LogP contribution in [0.1, 0.15) is 57.1 Å². The minimum atomic E-state index is 0.0311. The van der Waals surface area contributed by atoms with Crippen molar-refractivity contribution in [1.82, 2.24) is 4.98 Å². The van der Waals surface area contributed by atoms with Crippen molar-refractivity contribution in [3.05, 3.63) is 89.3 Å². The highest BCUT2D eigenvalue weighted by atomic mass is 32.1. The second-order valence-electron chi connectivity index (χ2n) is 12.0. The zero-order valence-corrected chi connectivity index (χ0v) is 24.2. The molecule has 0 radical (unpaired) electrons. The number of benzene rings is 3. The van der Waals surface area contributed by atoms with Gasteiger partial charge in [0, 0.05) is 38.5 Å². The average Bonchev–Trinajstić information content (AvgIpc) is 3.38. The lowest BCUT2D eigenvalue weighted by atomic mass is 9.82. The van der Waals surface area contributed by atoms with Crippen molar-refractivity contribution >= 4 is 43.2 Å². The summed E-state index contributed by atoms with van der Waals surface area (Å²) in [5, 5.41) is 5.05. The van der Waals surface area contributed by atoms with Crippen LogP contribution in [-0.4, -0.2) is 4.98 Å². The van der Waals surface area contributed by atoms with Crippen LogP contribution in [-0.2, 0) is 11.8 Å². The molecule has 0 N–H and O–H groups in total. The maximum atomic E-state index is 6.36. The zero-order chi connectivity index (χ0) is 26.8. The highest BCUT2D eigenvalue weighted by Gasteiger charge is 2.21. The molecule has 3 heterocycles. The molecule has 2 nitrogen and oxygen atoms in total. The van der Waals surface area contributed by atoms with Gasteiger partial charge in [-0.1, -0.05) is 71.0 Å². The fraction of sp³-hybridized carbons (Fsp3) is 0.286. The Kier molecular flexibility index (Phi) is 5.96. The number of fused-ring (bicyclic) bond motifs is 3. The standard InChI is InChI=1S/C35H35NOS/c1-20(2)16-29-21(3)26-13-12-24(19-30(26)37-29)34-22(4)32-31(38-34)14-15-36-33(32)25-17-23-10-8-9-11-27(23)28(18-25)35(5,6)7/h8-15,17-20H,16H2,1-7H3. The van der Waals surface area contributed by atoms with Gasteiger partial charge in [0.1, 0.15) is 11.3 Å². The van der Waals surface area contributed by atoms with Gasteiger partial charge in [-0.15, -0.1) is 11.3 Å². The van der Waals surface area contributed by atoms with Crippen LogP contribution < -0.4 is 0 Å². The van der Waals surface area contributed by atoms with Gasteiger partial charge >= 0.3 is 0 Å². The fourth-order valence-electron chi connectivity index (χ4n) is 5.74. The van der Waals surface area contributed by atoms with Crippen LogP contribution in [0.4, 0.5) is 0 Å². The Labute approximate surface area is 229 Å². The molecule has 6 aromatic rings. The molecule has 0 unspecified atom stereocenters. The minimum absolute atomic E-state index is 0.0311. The first-order valence-corrected chi connectivity index (χ1v) is 14.4. The van der Waals surface area contributed by atoms with Crippen LogP contribution in [0.25, 0.3) is 53.5 Å². The summed E-state index contributed by atoms with van der Waals surface area (Å²) in [7, 11) is 0. The molecule has 3 aromatic carbocycles. The fourth-order valence-corrected chi connectivity index (χ4v) is 6.94. The molecular weight excluding hydrogens is 482 g/mol. The quantitative estimate of drug-likeness (QED) is 0.232. The first-order valence-electron chi connectivity index (χ1n) is 13.6. The molecule has 3 heteroatoms. The monoisotopic (exact) mass is 517 g/mol. The van der Waals surface area contributed by atoms with E-state index in [9.17, 15) is 0 Å². The molecule has 3 aromatic heterocycles. The summed E-state index contributed by atoms with van der Waals surface area (Å²) in [5.41, 5.74) is 8.37. The van der Waals surface area contributed by atoms with Crippen LogP contribution in [0.5, 0.6) is 0 Å². The van der Waals surface area contributed by atoms with Gasteiger partial charge in [-0.3, -0.25) is 4.98 Å². The average molecular weight is 518 g/mol. The number of aryl methyl sites for hydroxylation is 2. The van der Waals surface area contributed by atoms with Gasteiger partial charge in [-0.05, 0) is 82.5 Å². The topological polar surface area (TPSA) is 26.0 Å². The van der Waals surface area contributed by atoms with E-state index >= 15 is 0 Å². The lowest BCUT2D eigenvalue weighted by Gasteiger charge is -2.23. The molecule has 0 aliphatic heterocycles. The van der Waals surface area contributed by atoms with E-state index in [4.69, 9.17) is 9.40 Å². The number of furan rings is 1. The number of thiophene rings is 1. The molecule has 38 heavy (non-hydrogen) atoms. The predicted molar refractivity (Wildman–Crippen MR) is 164 cm³/mol. The van der Waals surface area contributed by atoms with Crippen molar-refractivity contribution in [2.24, 2.45) is 5.92 Å². The summed E-state index contributed by atoms with van der Waals surface area (Å²) in [6, 6.07) is 22.2. The van der Waals surface area contributed by atoms with Gasteiger partial charge in [0.2, 0.25) is 0 Å². The predicted octanol–water partition coefficient (Wildman–Crippen LogP) is 10.6. The Morgan fingerprint density at radius 1 is 0.868 bits per heavy atom. The molecule has 0 saturated carbocycles. The van der Waals surface area contributed by atoms with Crippen molar-refractivity contribution < 1.29 is 4.42 Å². The first kappa shape index (κ1) is 24.9. The summed E-state index contributed by atoms with van der Waals surface area (Å²) in [6.45, 7) is 15.8. The molecule has 0 atom stereocenters. The Balaban J connectivity index is 1.53. The van der Waals surface area contributed by atoms with Crippen LogP contribution in [0.3, 0.4) is 0 Å². The summed E-state index contributed by atoms with van der Waals surface area (Å²) in [4.78, 5) is 6.24. The molecular formula is C35H35NOS. The van der Waals surface area contributed by atoms with Crippen LogP contribution >= 0.6 is 11.3 Å². The van der Waals surface area contributed by atoms with Gasteiger partial charge < -0.3 is 4.42 Å². The molecule has 0 fully saturated rings. The Morgan fingerprint density at radius 3 is 2.42 bits per heavy atom. The van der Waals surface area contributed by atoms with Crippen molar-refractivity contribution in [3.8, 4) is 21.7 Å². The summed E-state index contributed by atoms with van der Waals surface area (Å²) >= 11 is 1.85. The van der Waals surface area contributed by atoms with Gasteiger partial charge in [0.15, 0.2) is 0 Å². The van der Waals surface area contributed by atoms with E-state index in [0.717, 1.165) is 23.5 Å². The second kappa shape index (κ2) is 9.10. The van der Waals surface area contributed by atoms with Gasteiger partial charge in [-0.25, -0.2) is 0 Å². The van der Waals surface area contributed by atoms with E-state index in [1.54, 1.807) is 0 Å². The van der Waals surface area contributed by atoms with E-state index in [1.807, 2.05) is 17.5 Å². The first-order chi connectivity index (χ1) is 18.1. The number of aromatic nitrogens is 1. The summed E-state index contributed by atoms with van der Waals surface area (Å²) in [5.74, 6) is 1.68. The molecule has 0 spiro atoms. The minimum Gasteiger partial charge on any atom is -0.461 e. The van der Waals surface area contributed by atoms with Gasteiger partial charge in [0.05, 0.1) is 5.69 Å². The van der Waals surface area contributed by atoms with Crippen molar-refractivity contribution in [2.75, 3.05) is 0 Å². The number of hydrogen-bond donors (Lipinski definition) is 0. The molecule has 0 aliphatic carbocycles. The Morgan fingerprint density at radius 2 is 1.66 bits per heavy atom. The Hall–Kier alpha value is -3.43. The lowest BCUT2D eigenvalue weighted by molar-refractivity contribution is 0.496. The molecule has 0 saturated heterocycles. The lowest BCUT2D eigenvalue weighted by Crippen LogP contribution is -2.12. The third-order valence-electron chi connectivity index (χ3n) is 7.68. The molecule has 0 amide bonds. The van der Waals surface area contributed by atoms with E-state index in [-0.39, 0.29) is 5.41 Å². The third kappa shape index (κ3) is 4.14. The van der Waals surface area contributed by atoms with E-state index < -0.39 is 0 Å². The van der Waals surface area contributed by atoms with E-state index in [2.05, 4.69) is 109 Å². The highest BCUT2D eigenvalue weighted by molar-refractivity contribution is 7.22. The number of hydrogen-bond acceptors (Lipinski definition) is 3. The Bertz CT molecular complexity index is 1830. The number of rotatable bonds is 4. The molecule has 0 aliphatic rings. The maximum Gasteiger partial charge on any atom is 0.135 e. The highest BCUT2D eigenvalue weighted by Crippen LogP contribution is 2.44. The molecule has 192 valence electrons. The SMILES string of the molecule is Cc1c(CC(C)C)oc2cc(-c3sc4ccnc(-c5cc(C(C)(C)C)c6ccccc6c5)c4c3C)ccc12. The van der Waals surface area contributed by atoms with Gasteiger partial charge in [-0.2, -0.15) is 0 Å². The van der Waals surface area contributed by atoms with Crippen molar-refractivity contribution in [2.45, 2.75) is 60.3 Å². The van der Waals surface area contributed by atoms with Crippen LogP contribution in [0, 0.1) is 19.8 Å². The van der Waals surface area contributed by atoms with Gasteiger partial charge in [0.25, 0.3) is 0 Å². The van der Waals surface area contributed by atoms with Crippen LogP contribution in [0.15, 0.2) is 71.3 Å². The molecule has 6 rings (SSSR count). The molecule has 0 bridgehead atoms. The largest absolute Gasteiger partial charge is 0.461 e. The third-order valence-corrected chi connectivity index (χ3v) is 8.98. The number of nitrogens with zero attached hydrogens (tertiary/aromatic N) is 1. The van der Waals surface area contributed by atoms with Crippen LogP contribution in [0.2, 0.25) is 0 Å². The summed E-state index contributed by atoms with van der Waals surface area (Å²) in [6.07, 6.45) is 2.93. The summed E-state index contributed by atoms with van der Waals surface area (Å²) < 4.78 is 7.62. The second-order valence-corrected chi connectivity index (χ2v) is 13.1. The number of pyridine rings is 1. The normalized spacial score (nSPS) is 12.4. The zero-order valence-electron chi connectivity index (χ0n) is 23.4. The van der Waals surface area contributed by atoms with E-state index in [0.29, 0.717) is 5.92 Å². The van der Waals surface area contributed by atoms with Crippen molar-refractivity contribution in [3.63, 3.8) is 0 Å².